The Labute approximate surface area is 353 Å². The van der Waals surface area contributed by atoms with Gasteiger partial charge >= 0.3 is 0 Å². The Bertz CT molecular complexity index is 3460. The molecule has 9 aromatic carbocycles. The van der Waals surface area contributed by atoms with E-state index in [0.717, 1.165) is 61.9 Å². The summed E-state index contributed by atoms with van der Waals surface area (Å²) in [5.74, 6) is 1.77. The maximum absolute atomic E-state index is 7.03. The summed E-state index contributed by atoms with van der Waals surface area (Å²) in [6.45, 7) is 0. The van der Waals surface area contributed by atoms with Crippen molar-refractivity contribution in [3.05, 3.63) is 241 Å². The highest BCUT2D eigenvalue weighted by molar-refractivity contribution is 6.13. The molecule has 0 radical (unpaired) electrons. The minimum Gasteiger partial charge on any atom is -0.457 e. The summed E-state index contributed by atoms with van der Waals surface area (Å²) >= 11 is 0. The summed E-state index contributed by atoms with van der Waals surface area (Å²) in [5.41, 5.74) is 16.7. The second kappa shape index (κ2) is 13.0. The van der Waals surface area contributed by atoms with Gasteiger partial charge in [-0.15, -0.1) is 0 Å². The topological polar surface area (TPSA) is 27.1 Å². The molecule has 0 N–H and O–H groups in total. The zero-order valence-corrected chi connectivity index (χ0v) is 33.1. The van der Waals surface area contributed by atoms with Crippen LogP contribution in [0.25, 0.3) is 83.0 Å². The number of para-hydroxylation sites is 2. The van der Waals surface area contributed by atoms with E-state index in [0.29, 0.717) is 0 Å². The van der Waals surface area contributed by atoms with E-state index in [2.05, 4.69) is 223 Å². The molecule has 0 unspecified atom stereocenters. The number of nitrogens with zero attached hydrogens (tertiary/aromatic N) is 2. The zero-order valence-electron chi connectivity index (χ0n) is 33.1. The summed E-state index contributed by atoms with van der Waals surface area (Å²) in [6, 6.07) is 78.9. The molecule has 0 saturated carbocycles. The van der Waals surface area contributed by atoms with E-state index in [9.17, 15) is 0 Å². The molecule has 3 heteroatoms. The molecular formula is C58H36N2O. The molecule has 0 bridgehead atoms. The van der Waals surface area contributed by atoms with Crippen LogP contribution >= 0.6 is 0 Å². The first kappa shape index (κ1) is 33.9. The van der Waals surface area contributed by atoms with Gasteiger partial charge in [-0.05, 0) is 75.2 Å². The van der Waals surface area contributed by atoms with Gasteiger partial charge in [0.15, 0.2) is 0 Å². The van der Waals surface area contributed by atoms with Gasteiger partial charge in [0.1, 0.15) is 11.5 Å². The average Bonchev–Trinajstić information content (AvgIpc) is 3.81. The number of benzene rings is 9. The van der Waals surface area contributed by atoms with Crippen molar-refractivity contribution in [3.8, 4) is 62.0 Å². The van der Waals surface area contributed by atoms with Crippen LogP contribution in [0, 0.1) is 0 Å². The van der Waals surface area contributed by atoms with Crippen molar-refractivity contribution in [1.29, 1.82) is 0 Å². The molecule has 284 valence electrons. The molecule has 0 amide bonds. The fourth-order valence-corrected chi connectivity index (χ4v) is 10.5. The van der Waals surface area contributed by atoms with Gasteiger partial charge in [-0.25, -0.2) is 4.98 Å². The Morgan fingerprint density at radius 1 is 0.344 bits per heavy atom. The van der Waals surface area contributed by atoms with Crippen LogP contribution in [0.3, 0.4) is 0 Å². The van der Waals surface area contributed by atoms with Crippen LogP contribution in [0.1, 0.15) is 22.3 Å². The quantitative estimate of drug-likeness (QED) is 0.178. The number of ether oxygens (including phenoxy) is 1. The highest BCUT2D eigenvalue weighted by Gasteiger charge is 2.51. The number of hydrogen-bond donors (Lipinski definition) is 0. The van der Waals surface area contributed by atoms with Gasteiger partial charge in [-0.3, -0.25) is 0 Å². The summed E-state index contributed by atoms with van der Waals surface area (Å²) < 4.78 is 9.48. The molecule has 0 fully saturated rings. The van der Waals surface area contributed by atoms with E-state index >= 15 is 0 Å². The fraction of sp³-hybridized carbons (Fsp3) is 0.0172. The molecule has 3 heterocycles. The molecule has 61 heavy (non-hydrogen) atoms. The molecule has 1 aliphatic heterocycles. The van der Waals surface area contributed by atoms with Crippen molar-refractivity contribution in [3.63, 3.8) is 0 Å². The lowest BCUT2D eigenvalue weighted by atomic mass is 9.66. The van der Waals surface area contributed by atoms with E-state index < -0.39 is 5.41 Å². The van der Waals surface area contributed by atoms with Crippen molar-refractivity contribution >= 4 is 32.6 Å². The number of fused-ring (bicyclic) bond motifs is 13. The van der Waals surface area contributed by atoms with Gasteiger partial charge in [-0.2, -0.15) is 0 Å². The van der Waals surface area contributed by atoms with Gasteiger partial charge in [0, 0.05) is 44.5 Å². The molecule has 3 nitrogen and oxygen atoms in total. The van der Waals surface area contributed by atoms with Crippen molar-refractivity contribution in [2.75, 3.05) is 0 Å². The lowest BCUT2D eigenvalue weighted by Gasteiger charge is -2.39. The molecular weight excluding hydrogens is 741 g/mol. The van der Waals surface area contributed by atoms with Gasteiger partial charge in [0.2, 0.25) is 0 Å². The van der Waals surface area contributed by atoms with Gasteiger partial charge in [-0.1, -0.05) is 176 Å². The van der Waals surface area contributed by atoms with E-state index in [-0.39, 0.29) is 0 Å². The molecule has 11 aromatic rings. The molecule has 2 aromatic heterocycles. The minimum atomic E-state index is -0.537. The van der Waals surface area contributed by atoms with E-state index in [1.807, 2.05) is 0 Å². The predicted octanol–water partition coefficient (Wildman–Crippen LogP) is 14.8. The smallest absolute Gasteiger partial charge is 0.134 e. The number of pyridine rings is 1. The first-order chi connectivity index (χ1) is 30.3. The van der Waals surface area contributed by atoms with E-state index in [1.165, 1.54) is 54.9 Å². The van der Waals surface area contributed by atoms with Gasteiger partial charge in [0.05, 0.1) is 33.5 Å². The first-order valence-electron chi connectivity index (χ1n) is 21.0. The molecule has 0 atom stereocenters. The summed E-state index contributed by atoms with van der Waals surface area (Å²) in [4.78, 5) is 5.19. The van der Waals surface area contributed by atoms with Gasteiger partial charge in [0.25, 0.3) is 0 Å². The van der Waals surface area contributed by atoms with Crippen molar-refractivity contribution in [2.45, 2.75) is 5.41 Å². The van der Waals surface area contributed by atoms with Crippen molar-refractivity contribution in [2.24, 2.45) is 0 Å². The van der Waals surface area contributed by atoms with E-state index in [1.54, 1.807) is 0 Å². The van der Waals surface area contributed by atoms with Crippen molar-refractivity contribution in [1.82, 2.24) is 9.55 Å². The second-order valence-electron chi connectivity index (χ2n) is 16.2. The number of rotatable bonds is 4. The van der Waals surface area contributed by atoms with Crippen LogP contribution < -0.4 is 4.74 Å². The number of aromatic nitrogens is 2. The first-order valence-corrected chi connectivity index (χ1v) is 21.0. The predicted molar refractivity (Wildman–Crippen MR) is 250 cm³/mol. The average molecular weight is 777 g/mol. The Morgan fingerprint density at radius 3 is 1.59 bits per heavy atom. The Hall–Kier alpha value is -8.01. The summed E-state index contributed by atoms with van der Waals surface area (Å²) in [7, 11) is 0. The molecule has 1 aliphatic carbocycles. The Balaban J connectivity index is 1.07. The zero-order chi connectivity index (χ0) is 40.1. The minimum absolute atomic E-state index is 0.537. The monoisotopic (exact) mass is 776 g/mol. The number of hydrogen-bond acceptors (Lipinski definition) is 2. The normalized spacial score (nSPS) is 13.2. The third-order valence-electron chi connectivity index (χ3n) is 13.1. The highest BCUT2D eigenvalue weighted by atomic mass is 16.5. The van der Waals surface area contributed by atoms with Crippen LogP contribution in [-0.2, 0) is 5.41 Å². The van der Waals surface area contributed by atoms with Crippen LogP contribution in [0.5, 0.6) is 11.5 Å². The second-order valence-corrected chi connectivity index (χ2v) is 16.2. The third-order valence-corrected chi connectivity index (χ3v) is 13.1. The molecule has 13 rings (SSSR count). The Morgan fingerprint density at radius 2 is 0.902 bits per heavy atom. The maximum atomic E-state index is 7.03. The third kappa shape index (κ3) is 4.83. The van der Waals surface area contributed by atoms with Crippen LogP contribution in [0.15, 0.2) is 218 Å². The molecule has 2 aliphatic rings. The van der Waals surface area contributed by atoms with Crippen LogP contribution in [0.2, 0.25) is 0 Å². The SMILES string of the molecule is c1ccc(-c2cc(-c3ccc(-n4c5ccccc5c5cc6c(cc54)Oc4ccccc4C64c5ccccc5-c5ccccc54)c4ccccc34)cc(-c3ccccc3)n2)cc1. The van der Waals surface area contributed by atoms with Crippen LogP contribution in [0.4, 0.5) is 0 Å². The summed E-state index contributed by atoms with van der Waals surface area (Å²) in [6.07, 6.45) is 0. The molecule has 0 saturated heterocycles. The highest BCUT2D eigenvalue weighted by Crippen LogP contribution is 2.62. The lowest BCUT2D eigenvalue weighted by molar-refractivity contribution is 0.437. The van der Waals surface area contributed by atoms with Crippen molar-refractivity contribution < 1.29 is 4.74 Å². The molecule has 1 spiro atoms. The standard InChI is InChI=1S/C58H36N2O/c1-3-17-37(18-4-1)51-33-39(34-52(59-51)38-19-5-2-6-20-38)40-31-32-54(44-24-8-7-21-41(40)44)60-53-29-15-11-25-45(53)46-35-50-57(36-55(46)60)61-56-30-16-14-28-49(56)58(50)47-26-12-9-22-42(47)43-23-10-13-27-48(43)58/h1-36H. The van der Waals surface area contributed by atoms with Gasteiger partial charge < -0.3 is 9.30 Å². The Kier molecular flexibility index (Phi) is 7.22. The fourth-order valence-electron chi connectivity index (χ4n) is 10.5. The lowest BCUT2D eigenvalue weighted by Crippen LogP contribution is -2.32. The maximum Gasteiger partial charge on any atom is 0.134 e. The van der Waals surface area contributed by atoms with E-state index in [4.69, 9.17) is 9.72 Å². The van der Waals surface area contributed by atoms with Crippen LogP contribution in [-0.4, -0.2) is 9.55 Å². The largest absolute Gasteiger partial charge is 0.457 e. The summed E-state index contributed by atoms with van der Waals surface area (Å²) in [5, 5.41) is 4.74.